The Morgan fingerprint density at radius 1 is 1.17 bits per heavy atom. The average molecular weight is 451 g/mol. The van der Waals surface area contributed by atoms with Gasteiger partial charge in [-0.15, -0.1) is 24.0 Å². The lowest BCUT2D eigenvalue weighted by molar-refractivity contribution is 0.340. The first-order valence-corrected chi connectivity index (χ1v) is 9.75. The van der Waals surface area contributed by atoms with Crippen molar-refractivity contribution in [1.82, 2.24) is 4.90 Å². The fraction of sp³-hybridized carbons (Fsp3) is 0.562. The van der Waals surface area contributed by atoms with Crippen molar-refractivity contribution in [1.29, 1.82) is 0 Å². The highest BCUT2D eigenvalue weighted by atomic mass is 127. The average Bonchev–Trinajstić information content (AvgIpc) is 2.55. The van der Waals surface area contributed by atoms with Gasteiger partial charge >= 0.3 is 0 Å². The SMILES string of the molecule is CCS(=O)(=O)CCN=C(Nc1ccccc1)N1CCCCC1.I. The molecule has 0 saturated carbocycles. The van der Waals surface area contributed by atoms with E-state index in [1.54, 1.807) is 6.92 Å². The molecule has 2 rings (SSSR count). The molecule has 0 radical (unpaired) electrons. The number of benzene rings is 1. The largest absolute Gasteiger partial charge is 0.343 e. The first-order chi connectivity index (χ1) is 10.6. The molecule has 0 amide bonds. The van der Waals surface area contributed by atoms with Gasteiger partial charge in [-0.25, -0.2) is 8.42 Å². The summed E-state index contributed by atoms with van der Waals surface area (Å²) in [6, 6.07) is 9.89. The second kappa shape index (κ2) is 10.1. The highest BCUT2D eigenvalue weighted by molar-refractivity contribution is 14.0. The molecule has 0 aliphatic carbocycles. The van der Waals surface area contributed by atoms with E-state index in [4.69, 9.17) is 0 Å². The van der Waals surface area contributed by atoms with Crippen LogP contribution >= 0.6 is 24.0 Å². The Morgan fingerprint density at radius 3 is 2.43 bits per heavy atom. The molecule has 130 valence electrons. The van der Waals surface area contributed by atoms with E-state index < -0.39 is 9.84 Å². The number of hydrogen-bond donors (Lipinski definition) is 1. The molecule has 1 aromatic rings. The number of para-hydroxylation sites is 1. The molecule has 1 N–H and O–H groups in total. The van der Waals surface area contributed by atoms with Gasteiger partial charge in [0, 0.05) is 24.5 Å². The summed E-state index contributed by atoms with van der Waals surface area (Å²) in [5, 5.41) is 3.33. The molecule has 1 fully saturated rings. The quantitative estimate of drug-likeness (QED) is 0.425. The van der Waals surface area contributed by atoms with Crippen LogP contribution in [0, 0.1) is 0 Å². The molecule has 1 heterocycles. The molecule has 0 unspecified atom stereocenters. The van der Waals surface area contributed by atoms with Crippen LogP contribution in [0.3, 0.4) is 0 Å². The Morgan fingerprint density at radius 2 is 1.83 bits per heavy atom. The van der Waals surface area contributed by atoms with E-state index in [1.807, 2.05) is 30.3 Å². The fourth-order valence-electron chi connectivity index (χ4n) is 2.41. The van der Waals surface area contributed by atoms with Crippen LogP contribution in [0.4, 0.5) is 5.69 Å². The van der Waals surface area contributed by atoms with E-state index in [1.165, 1.54) is 6.42 Å². The molecule has 1 saturated heterocycles. The van der Waals surface area contributed by atoms with Crippen LogP contribution in [-0.4, -0.2) is 50.4 Å². The molecule has 5 nitrogen and oxygen atoms in total. The van der Waals surface area contributed by atoms with Gasteiger partial charge in [0.1, 0.15) is 0 Å². The number of guanidine groups is 1. The number of sulfone groups is 1. The summed E-state index contributed by atoms with van der Waals surface area (Å²) in [5.74, 6) is 1.07. The van der Waals surface area contributed by atoms with Crippen molar-refractivity contribution < 1.29 is 8.42 Å². The molecule has 0 spiro atoms. The van der Waals surface area contributed by atoms with Crippen LogP contribution in [0.1, 0.15) is 26.2 Å². The topological polar surface area (TPSA) is 61.8 Å². The maximum atomic E-state index is 11.6. The van der Waals surface area contributed by atoms with Crippen LogP contribution in [0.2, 0.25) is 0 Å². The van der Waals surface area contributed by atoms with E-state index in [-0.39, 0.29) is 35.5 Å². The van der Waals surface area contributed by atoms with Crippen molar-refractivity contribution in [3.05, 3.63) is 30.3 Å². The van der Waals surface area contributed by atoms with Crippen molar-refractivity contribution in [2.24, 2.45) is 4.99 Å². The number of nitrogens with zero attached hydrogens (tertiary/aromatic N) is 2. The zero-order valence-electron chi connectivity index (χ0n) is 13.6. The maximum absolute atomic E-state index is 11.6. The van der Waals surface area contributed by atoms with Gasteiger partial charge in [-0.1, -0.05) is 25.1 Å². The lowest BCUT2D eigenvalue weighted by Gasteiger charge is -2.30. The highest BCUT2D eigenvalue weighted by Crippen LogP contribution is 2.12. The van der Waals surface area contributed by atoms with Crippen LogP contribution < -0.4 is 5.32 Å². The Balaban J connectivity index is 0.00000264. The van der Waals surface area contributed by atoms with Crippen LogP contribution in [0.15, 0.2) is 35.3 Å². The van der Waals surface area contributed by atoms with Gasteiger partial charge in [0.25, 0.3) is 0 Å². The Bertz CT molecular complexity index is 585. The zero-order valence-corrected chi connectivity index (χ0v) is 16.7. The van der Waals surface area contributed by atoms with Crippen molar-refractivity contribution in [2.45, 2.75) is 26.2 Å². The minimum absolute atomic E-state index is 0. The molecule has 0 bridgehead atoms. The number of hydrogen-bond acceptors (Lipinski definition) is 3. The molecule has 1 aliphatic heterocycles. The number of halogens is 1. The van der Waals surface area contributed by atoms with E-state index in [2.05, 4.69) is 15.2 Å². The number of nitrogens with one attached hydrogen (secondary N) is 1. The molecule has 1 aromatic carbocycles. The van der Waals surface area contributed by atoms with Gasteiger partial charge in [-0.05, 0) is 31.4 Å². The summed E-state index contributed by atoms with van der Waals surface area (Å²) < 4.78 is 23.2. The first-order valence-electron chi connectivity index (χ1n) is 7.92. The second-order valence-electron chi connectivity index (χ2n) is 5.48. The number of anilines is 1. The fourth-order valence-corrected chi connectivity index (χ4v) is 3.07. The molecule has 23 heavy (non-hydrogen) atoms. The molecule has 0 aromatic heterocycles. The summed E-state index contributed by atoms with van der Waals surface area (Å²) in [5.41, 5.74) is 0.977. The Hall–Kier alpha value is -0.830. The Kier molecular flexibility index (Phi) is 8.90. The predicted octanol–water partition coefficient (Wildman–Crippen LogP) is 2.99. The third-order valence-electron chi connectivity index (χ3n) is 3.79. The van der Waals surface area contributed by atoms with E-state index in [0.717, 1.165) is 37.6 Å². The van der Waals surface area contributed by atoms with E-state index in [0.29, 0.717) is 6.54 Å². The standard InChI is InChI=1S/C16H25N3O2S.HI/c1-2-22(20,21)14-11-17-16(19-12-7-4-8-13-19)18-15-9-5-3-6-10-15;/h3,5-6,9-10H,2,4,7-8,11-14H2,1H3,(H,17,18);1H. The smallest absolute Gasteiger partial charge is 0.198 e. The highest BCUT2D eigenvalue weighted by Gasteiger charge is 2.15. The third kappa shape index (κ3) is 7.07. The van der Waals surface area contributed by atoms with E-state index >= 15 is 0 Å². The number of piperidine rings is 1. The van der Waals surface area contributed by atoms with Crippen molar-refractivity contribution >= 4 is 45.5 Å². The van der Waals surface area contributed by atoms with Gasteiger partial charge in [0.2, 0.25) is 0 Å². The van der Waals surface area contributed by atoms with Crippen LogP contribution in [0.25, 0.3) is 0 Å². The van der Waals surface area contributed by atoms with Gasteiger partial charge in [0.15, 0.2) is 15.8 Å². The van der Waals surface area contributed by atoms with Crippen molar-refractivity contribution in [3.8, 4) is 0 Å². The summed E-state index contributed by atoms with van der Waals surface area (Å²) >= 11 is 0. The van der Waals surface area contributed by atoms with Gasteiger partial charge in [-0.2, -0.15) is 0 Å². The number of aliphatic imine (C=N–C) groups is 1. The maximum Gasteiger partial charge on any atom is 0.198 e. The normalized spacial score (nSPS) is 15.9. The van der Waals surface area contributed by atoms with Crippen molar-refractivity contribution in [2.75, 3.05) is 36.5 Å². The van der Waals surface area contributed by atoms with Gasteiger partial charge in [-0.3, -0.25) is 4.99 Å². The van der Waals surface area contributed by atoms with E-state index in [9.17, 15) is 8.42 Å². The molecular formula is C16H26IN3O2S. The number of likely N-dealkylation sites (tertiary alicyclic amines) is 1. The van der Waals surface area contributed by atoms with Crippen LogP contribution in [-0.2, 0) is 9.84 Å². The lowest BCUT2D eigenvalue weighted by atomic mass is 10.1. The zero-order chi connectivity index (χ0) is 15.8. The minimum atomic E-state index is -2.97. The Labute approximate surface area is 156 Å². The summed E-state index contributed by atoms with van der Waals surface area (Å²) in [6.45, 7) is 3.92. The van der Waals surface area contributed by atoms with Crippen molar-refractivity contribution in [3.63, 3.8) is 0 Å². The summed E-state index contributed by atoms with van der Waals surface area (Å²) in [7, 11) is -2.97. The second-order valence-corrected chi connectivity index (χ2v) is 7.95. The molecular weight excluding hydrogens is 425 g/mol. The predicted molar refractivity (Wildman–Crippen MR) is 108 cm³/mol. The molecule has 1 aliphatic rings. The molecule has 7 heteroatoms. The van der Waals surface area contributed by atoms with Gasteiger partial charge in [0.05, 0.1) is 12.3 Å². The minimum Gasteiger partial charge on any atom is -0.343 e. The summed E-state index contributed by atoms with van der Waals surface area (Å²) in [4.78, 5) is 6.75. The first kappa shape index (κ1) is 20.2. The summed E-state index contributed by atoms with van der Waals surface area (Å²) in [6.07, 6.45) is 3.56. The van der Waals surface area contributed by atoms with Gasteiger partial charge < -0.3 is 10.2 Å². The molecule has 0 atom stereocenters. The third-order valence-corrected chi connectivity index (χ3v) is 5.47. The monoisotopic (exact) mass is 451 g/mol. The number of rotatable bonds is 5. The lowest BCUT2D eigenvalue weighted by Crippen LogP contribution is -2.40. The van der Waals surface area contributed by atoms with Crippen LogP contribution in [0.5, 0.6) is 0 Å².